The highest BCUT2D eigenvalue weighted by molar-refractivity contribution is 5.24. The van der Waals surface area contributed by atoms with E-state index in [0.717, 1.165) is 19.6 Å². The lowest BCUT2D eigenvalue weighted by molar-refractivity contribution is 0.314. The van der Waals surface area contributed by atoms with Crippen molar-refractivity contribution in [3.8, 4) is 0 Å². The summed E-state index contributed by atoms with van der Waals surface area (Å²) in [5, 5.41) is 0. The van der Waals surface area contributed by atoms with Gasteiger partial charge >= 0.3 is 0 Å². The first-order valence-corrected chi connectivity index (χ1v) is 7.92. The van der Waals surface area contributed by atoms with Gasteiger partial charge in [0.1, 0.15) is 5.82 Å². The van der Waals surface area contributed by atoms with Gasteiger partial charge in [-0.3, -0.25) is 0 Å². The number of likely N-dealkylation sites (tertiary alicyclic amines) is 1. The Morgan fingerprint density at radius 3 is 2.45 bits per heavy atom. The quantitative estimate of drug-likeness (QED) is 0.938. The zero-order valence-electron chi connectivity index (χ0n) is 13.0. The molecule has 0 spiro atoms. The molecule has 1 fully saturated rings. The minimum atomic E-state index is -0.178. The molecule has 3 heteroatoms. The Balaban J connectivity index is 1.63. The Bertz CT molecular complexity index is 597. The molecule has 1 aliphatic rings. The van der Waals surface area contributed by atoms with Crippen molar-refractivity contribution in [3.63, 3.8) is 0 Å². The minimum absolute atomic E-state index is 0.178. The molecule has 0 radical (unpaired) electrons. The fourth-order valence-electron chi connectivity index (χ4n) is 3.40. The van der Waals surface area contributed by atoms with E-state index in [0.29, 0.717) is 11.8 Å². The van der Waals surface area contributed by atoms with Crippen LogP contribution in [0.4, 0.5) is 4.39 Å². The Hall–Kier alpha value is -1.71. The molecule has 116 valence electrons. The van der Waals surface area contributed by atoms with Crippen molar-refractivity contribution in [2.45, 2.75) is 24.8 Å². The summed E-state index contributed by atoms with van der Waals surface area (Å²) in [6.07, 6.45) is 0. The van der Waals surface area contributed by atoms with E-state index >= 15 is 0 Å². The first kappa shape index (κ1) is 15.2. The van der Waals surface area contributed by atoms with Crippen LogP contribution in [0.1, 0.15) is 29.9 Å². The van der Waals surface area contributed by atoms with Gasteiger partial charge in [-0.2, -0.15) is 0 Å². The van der Waals surface area contributed by atoms with Crippen LogP contribution in [0.25, 0.3) is 0 Å². The minimum Gasteiger partial charge on any atom is -0.326 e. The molecule has 0 aliphatic carbocycles. The maximum Gasteiger partial charge on any atom is 0.123 e. The number of nitrogens with two attached hydrogens (primary N) is 1. The summed E-state index contributed by atoms with van der Waals surface area (Å²) in [6.45, 7) is 5.07. The molecule has 0 amide bonds. The molecule has 3 rings (SSSR count). The molecular formula is C19H23FN2. The van der Waals surface area contributed by atoms with Gasteiger partial charge in [-0.15, -0.1) is 0 Å². The van der Waals surface area contributed by atoms with Crippen LogP contribution in [-0.2, 0) is 0 Å². The number of hydrogen-bond donors (Lipinski definition) is 1. The normalized spacial score (nSPS) is 23.6. The molecule has 1 unspecified atom stereocenters. The van der Waals surface area contributed by atoms with Crippen LogP contribution in [0.2, 0.25) is 0 Å². The van der Waals surface area contributed by atoms with Crippen molar-refractivity contribution in [2.75, 3.05) is 19.6 Å². The Labute approximate surface area is 131 Å². The third-order valence-corrected chi connectivity index (χ3v) is 4.64. The third-order valence-electron chi connectivity index (χ3n) is 4.64. The number of nitrogens with zero attached hydrogens (tertiary/aromatic N) is 1. The van der Waals surface area contributed by atoms with E-state index in [-0.39, 0.29) is 11.9 Å². The van der Waals surface area contributed by atoms with Crippen molar-refractivity contribution < 1.29 is 4.39 Å². The highest BCUT2D eigenvalue weighted by Gasteiger charge is 2.31. The van der Waals surface area contributed by atoms with Gasteiger partial charge in [0.2, 0.25) is 0 Å². The SMILES string of the molecule is CC(CN1C[C@@H](N)[C@H](c2ccccc2)C1)c1ccc(F)cc1. The topological polar surface area (TPSA) is 29.3 Å². The average Bonchev–Trinajstić information content (AvgIpc) is 2.89. The number of halogens is 1. The predicted molar refractivity (Wildman–Crippen MR) is 88.4 cm³/mol. The van der Waals surface area contributed by atoms with Gasteiger partial charge in [0, 0.05) is 31.6 Å². The monoisotopic (exact) mass is 298 g/mol. The molecule has 22 heavy (non-hydrogen) atoms. The van der Waals surface area contributed by atoms with E-state index in [9.17, 15) is 4.39 Å². The Kier molecular flexibility index (Phi) is 4.55. The fourth-order valence-corrected chi connectivity index (χ4v) is 3.40. The highest BCUT2D eigenvalue weighted by Crippen LogP contribution is 2.28. The molecule has 1 aliphatic heterocycles. The average molecular weight is 298 g/mol. The van der Waals surface area contributed by atoms with Crippen molar-refractivity contribution in [1.82, 2.24) is 4.90 Å². The lowest BCUT2D eigenvalue weighted by Gasteiger charge is -2.21. The summed E-state index contributed by atoms with van der Waals surface area (Å²) in [5.74, 6) is 0.604. The van der Waals surface area contributed by atoms with Gasteiger partial charge in [-0.25, -0.2) is 4.39 Å². The van der Waals surface area contributed by atoms with Crippen molar-refractivity contribution in [3.05, 3.63) is 71.5 Å². The maximum absolute atomic E-state index is 13.0. The molecule has 1 saturated heterocycles. The van der Waals surface area contributed by atoms with Crippen molar-refractivity contribution in [1.29, 1.82) is 0 Å². The fraction of sp³-hybridized carbons (Fsp3) is 0.368. The molecule has 0 aromatic heterocycles. The van der Waals surface area contributed by atoms with E-state index in [2.05, 4.69) is 36.1 Å². The molecule has 2 aromatic carbocycles. The first-order valence-electron chi connectivity index (χ1n) is 7.92. The lowest BCUT2D eigenvalue weighted by atomic mass is 9.95. The second-order valence-corrected chi connectivity index (χ2v) is 6.35. The summed E-state index contributed by atoms with van der Waals surface area (Å²) in [5.41, 5.74) is 8.85. The largest absolute Gasteiger partial charge is 0.326 e. The first-order chi connectivity index (χ1) is 10.6. The zero-order chi connectivity index (χ0) is 15.5. The van der Waals surface area contributed by atoms with Crippen molar-refractivity contribution >= 4 is 0 Å². The van der Waals surface area contributed by atoms with Crippen LogP contribution in [0, 0.1) is 5.82 Å². The van der Waals surface area contributed by atoms with Crippen molar-refractivity contribution in [2.24, 2.45) is 5.73 Å². The van der Waals surface area contributed by atoms with Gasteiger partial charge in [0.25, 0.3) is 0 Å². The molecule has 3 atom stereocenters. The smallest absolute Gasteiger partial charge is 0.123 e. The van der Waals surface area contributed by atoms with Crippen LogP contribution >= 0.6 is 0 Å². The number of hydrogen-bond acceptors (Lipinski definition) is 2. The molecule has 1 heterocycles. The molecule has 2 N–H and O–H groups in total. The van der Waals surface area contributed by atoms with Crippen LogP contribution in [0.3, 0.4) is 0 Å². The van der Waals surface area contributed by atoms with Gasteiger partial charge in [-0.1, -0.05) is 49.4 Å². The maximum atomic E-state index is 13.0. The second-order valence-electron chi connectivity index (χ2n) is 6.35. The van der Waals surface area contributed by atoms with Gasteiger partial charge in [-0.05, 0) is 29.2 Å². The molecule has 2 aromatic rings. The highest BCUT2D eigenvalue weighted by atomic mass is 19.1. The predicted octanol–water partition coefficient (Wildman–Crippen LogP) is 3.36. The molecule has 0 saturated carbocycles. The summed E-state index contributed by atoms with van der Waals surface area (Å²) in [7, 11) is 0. The Morgan fingerprint density at radius 1 is 1.09 bits per heavy atom. The lowest BCUT2D eigenvalue weighted by Crippen LogP contribution is -2.30. The molecule has 0 bridgehead atoms. The second kappa shape index (κ2) is 6.59. The third kappa shape index (κ3) is 3.37. The van der Waals surface area contributed by atoms with Gasteiger partial charge in [0.15, 0.2) is 0 Å². The van der Waals surface area contributed by atoms with E-state index in [4.69, 9.17) is 5.73 Å². The van der Waals surface area contributed by atoms with E-state index in [1.54, 1.807) is 0 Å². The van der Waals surface area contributed by atoms with E-state index < -0.39 is 0 Å². The van der Waals surface area contributed by atoms with Gasteiger partial charge < -0.3 is 10.6 Å². The summed E-state index contributed by atoms with van der Waals surface area (Å²) in [6, 6.07) is 17.5. The van der Waals surface area contributed by atoms with Gasteiger partial charge in [0.05, 0.1) is 0 Å². The summed E-state index contributed by atoms with van der Waals surface area (Å²) < 4.78 is 13.0. The molecule has 2 nitrogen and oxygen atoms in total. The van der Waals surface area contributed by atoms with Crippen LogP contribution in [0.15, 0.2) is 54.6 Å². The van der Waals surface area contributed by atoms with Crippen LogP contribution in [-0.4, -0.2) is 30.6 Å². The summed E-state index contributed by atoms with van der Waals surface area (Å²) >= 11 is 0. The van der Waals surface area contributed by atoms with Crippen LogP contribution in [0.5, 0.6) is 0 Å². The Morgan fingerprint density at radius 2 is 1.77 bits per heavy atom. The standard InChI is InChI=1S/C19H23FN2/c1-14(15-7-9-17(20)10-8-15)11-22-12-18(19(21)13-22)16-5-3-2-4-6-16/h2-10,14,18-19H,11-13,21H2,1H3/t14?,18-,19+/m0/s1. The summed E-state index contributed by atoms with van der Waals surface area (Å²) in [4.78, 5) is 2.43. The molecular weight excluding hydrogens is 275 g/mol. The number of rotatable bonds is 4. The van der Waals surface area contributed by atoms with Crippen LogP contribution < -0.4 is 5.73 Å². The zero-order valence-corrected chi connectivity index (χ0v) is 13.0. The number of benzene rings is 2. The van der Waals surface area contributed by atoms with E-state index in [1.165, 1.54) is 23.3 Å². The van der Waals surface area contributed by atoms with E-state index in [1.807, 2.05) is 18.2 Å².